The molecule has 0 unspecified atom stereocenters. The summed E-state index contributed by atoms with van der Waals surface area (Å²) in [5, 5.41) is 3.64. The van der Waals surface area contributed by atoms with E-state index in [4.69, 9.17) is 4.98 Å². The van der Waals surface area contributed by atoms with Crippen LogP contribution in [0.4, 0.5) is 11.5 Å². The van der Waals surface area contributed by atoms with Crippen molar-refractivity contribution in [3.05, 3.63) is 101 Å². The van der Waals surface area contributed by atoms with Crippen molar-refractivity contribution in [2.45, 2.75) is 0 Å². The van der Waals surface area contributed by atoms with Crippen LogP contribution in [0.2, 0.25) is 0 Å². The molecule has 172 valence electrons. The SMILES string of the molecule is CN(C)c1ccc(-c2cc(-c3cccc(Br)c3)c3c(NC(=O)c4ccccc4)ncnc3n2)cc1. The van der Waals surface area contributed by atoms with Crippen LogP contribution in [0.5, 0.6) is 0 Å². The summed E-state index contributed by atoms with van der Waals surface area (Å²) in [7, 11) is 4.02. The molecule has 1 N–H and O–H groups in total. The summed E-state index contributed by atoms with van der Waals surface area (Å²) in [5.74, 6) is 0.176. The number of amides is 1. The largest absolute Gasteiger partial charge is 0.378 e. The molecule has 0 saturated carbocycles. The number of anilines is 2. The first-order valence-electron chi connectivity index (χ1n) is 11.1. The molecule has 2 aromatic heterocycles. The maximum atomic E-state index is 12.9. The van der Waals surface area contributed by atoms with Crippen LogP contribution in [0.25, 0.3) is 33.4 Å². The van der Waals surface area contributed by atoms with Gasteiger partial charge in [0.15, 0.2) is 5.65 Å². The quantitative estimate of drug-likeness (QED) is 0.287. The molecule has 0 spiro atoms. The van der Waals surface area contributed by atoms with E-state index in [1.54, 1.807) is 12.1 Å². The zero-order valence-corrected chi connectivity index (χ0v) is 20.8. The predicted molar refractivity (Wildman–Crippen MR) is 145 cm³/mol. The summed E-state index contributed by atoms with van der Waals surface area (Å²) in [6, 6.07) is 27.3. The molecule has 0 atom stereocenters. The third-order valence-corrected chi connectivity index (χ3v) is 6.18. The van der Waals surface area contributed by atoms with Crippen molar-refractivity contribution in [1.82, 2.24) is 15.0 Å². The van der Waals surface area contributed by atoms with Gasteiger partial charge in [-0.15, -0.1) is 0 Å². The van der Waals surface area contributed by atoms with Crippen LogP contribution in [0.1, 0.15) is 10.4 Å². The fraction of sp³-hybridized carbons (Fsp3) is 0.0714. The first-order valence-corrected chi connectivity index (χ1v) is 11.8. The molecule has 35 heavy (non-hydrogen) atoms. The number of carbonyl (C=O) groups is 1. The van der Waals surface area contributed by atoms with Gasteiger partial charge >= 0.3 is 0 Å². The van der Waals surface area contributed by atoms with E-state index < -0.39 is 0 Å². The van der Waals surface area contributed by atoms with Gasteiger partial charge in [-0.25, -0.2) is 15.0 Å². The standard InChI is InChI=1S/C28H22BrN5O/c1-34(2)22-13-11-18(12-14-22)24-16-23(20-9-6-10-21(29)15-20)25-26(32-24)30-17-31-27(25)33-28(35)19-7-4-3-5-8-19/h3-17H,1-2H3,(H,30,31,32,33,35). The van der Waals surface area contributed by atoms with E-state index in [1.807, 2.05) is 74.8 Å². The maximum Gasteiger partial charge on any atom is 0.256 e. The smallest absolute Gasteiger partial charge is 0.256 e. The van der Waals surface area contributed by atoms with Crippen molar-refractivity contribution in [1.29, 1.82) is 0 Å². The Hall–Kier alpha value is -4.10. The van der Waals surface area contributed by atoms with E-state index in [-0.39, 0.29) is 5.91 Å². The molecule has 0 aliphatic rings. The molecule has 7 heteroatoms. The number of nitrogens with one attached hydrogen (secondary N) is 1. The molecular weight excluding hydrogens is 502 g/mol. The molecule has 0 bridgehead atoms. The molecule has 0 saturated heterocycles. The minimum absolute atomic E-state index is 0.242. The minimum Gasteiger partial charge on any atom is -0.378 e. The Kier molecular flexibility index (Phi) is 6.25. The van der Waals surface area contributed by atoms with Gasteiger partial charge < -0.3 is 10.2 Å². The normalized spacial score (nSPS) is 10.8. The lowest BCUT2D eigenvalue weighted by molar-refractivity contribution is 0.102. The van der Waals surface area contributed by atoms with Crippen molar-refractivity contribution in [3.63, 3.8) is 0 Å². The lowest BCUT2D eigenvalue weighted by Gasteiger charge is -2.15. The molecule has 3 aromatic carbocycles. The highest BCUT2D eigenvalue weighted by atomic mass is 79.9. The van der Waals surface area contributed by atoms with Gasteiger partial charge in [0, 0.05) is 35.4 Å². The van der Waals surface area contributed by atoms with E-state index in [0.29, 0.717) is 22.4 Å². The molecule has 2 heterocycles. The summed E-state index contributed by atoms with van der Waals surface area (Å²) in [4.78, 5) is 28.7. The summed E-state index contributed by atoms with van der Waals surface area (Å²) in [6.07, 6.45) is 1.43. The van der Waals surface area contributed by atoms with Crippen LogP contribution >= 0.6 is 15.9 Å². The van der Waals surface area contributed by atoms with Crippen molar-refractivity contribution >= 4 is 44.4 Å². The van der Waals surface area contributed by atoms with Gasteiger partial charge in [-0.3, -0.25) is 4.79 Å². The summed E-state index contributed by atoms with van der Waals surface area (Å²) < 4.78 is 0.948. The fourth-order valence-corrected chi connectivity index (χ4v) is 4.29. The van der Waals surface area contributed by atoms with Crippen LogP contribution in [0.3, 0.4) is 0 Å². The van der Waals surface area contributed by atoms with E-state index in [1.165, 1.54) is 6.33 Å². The number of fused-ring (bicyclic) bond motifs is 1. The summed E-state index contributed by atoms with van der Waals surface area (Å²) >= 11 is 3.58. The fourth-order valence-electron chi connectivity index (χ4n) is 3.89. The first-order chi connectivity index (χ1) is 17.0. The Bertz CT molecular complexity index is 1520. The van der Waals surface area contributed by atoms with Gasteiger partial charge in [-0.05, 0) is 53.6 Å². The number of hydrogen-bond donors (Lipinski definition) is 1. The van der Waals surface area contributed by atoms with Gasteiger partial charge in [-0.1, -0.05) is 58.4 Å². The van der Waals surface area contributed by atoms with Crippen molar-refractivity contribution in [2.24, 2.45) is 0 Å². The highest BCUT2D eigenvalue weighted by Gasteiger charge is 2.17. The van der Waals surface area contributed by atoms with E-state index in [2.05, 4.69) is 48.2 Å². The van der Waals surface area contributed by atoms with Crippen molar-refractivity contribution < 1.29 is 4.79 Å². The summed E-state index contributed by atoms with van der Waals surface area (Å²) in [5.41, 5.74) is 5.77. The Morgan fingerprint density at radius 1 is 0.857 bits per heavy atom. The lowest BCUT2D eigenvalue weighted by atomic mass is 9.99. The van der Waals surface area contributed by atoms with Crippen molar-refractivity contribution in [3.8, 4) is 22.4 Å². The molecule has 0 radical (unpaired) electrons. The van der Waals surface area contributed by atoms with Crippen molar-refractivity contribution in [2.75, 3.05) is 24.3 Å². The number of benzene rings is 3. The Morgan fingerprint density at radius 3 is 2.34 bits per heavy atom. The van der Waals surface area contributed by atoms with Crippen LogP contribution in [0, 0.1) is 0 Å². The maximum absolute atomic E-state index is 12.9. The van der Waals surface area contributed by atoms with E-state index in [9.17, 15) is 4.79 Å². The van der Waals surface area contributed by atoms with E-state index in [0.717, 1.165) is 32.5 Å². The lowest BCUT2D eigenvalue weighted by Crippen LogP contribution is -2.13. The van der Waals surface area contributed by atoms with Gasteiger partial charge in [0.1, 0.15) is 12.1 Å². The second-order valence-corrected chi connectivity index (χ2v) is 9.16. The Balaban J connectivity index is 1.68. The van der Waals surface area contributed by atoms with Gasteiger partial charge in [0.05, 0.1) is 11.1 Å². The number of rotatable bonds is 5. The molecular formula is C28H22BrN5O. The van der Waals surface area contributed by atoms with Gasteiger partial charge in [0.25, 0.3) is 5.91 Å². The Morgan fingerprint density at radius 2 is 1.63 bits per heavy atom. The van der Waals surface area contributed by atoms with Gasteiger partial charge in [-0.2, -0.15) is 0 Å². The van der Waals surface area contributed by atoms with Gasteiger partial charge in [0.2, 0.25) is 0 Å². The minimum atomic E-state index is -0.242. The van der Waals surface area contributed by atoms with Crippen LogP contribution < -0.4 is 10.2 Å². The number of carbonyl (C=O) groups excluding carboxylic acids is 1. The monoisotopic (exact) mass is 523 g/mol. The number of halogens is 1. The highest BCUT2D eigenvalue weighted by molar-refractivity contribution is 9.10. The zero-order valence-electron chi connectivity index (χ0n) is 19.2. The average molecular weight is 524 g/mol. The summed E-state index contributed by atoms with van der Waals surface area (Å²) in [6.45, 7) is 0. The van der Waals surface area contributed by atoms with Crippen LogP contribution in [-0.4, -0.2) is 35.0 Å². The topological polar surface area (TPSA) is 71.0 Å². The second-order valence-electron chi connectivity index (χ2n) is 8.25. The average Bonchev–Trinajstić information content (AvgIpc) is 2.88. The molecule has 0 fully saturated rings. The molecule has 0 aliphatic heterocycles. The molecule has 5 rings (SSSR count). The molecule has 0 aliphatic carbocycles. The Labute approximate surface area is 211 Å². The van der Waals surface area contributed by atoms with Crippen LogP contribution in [-0.2, 0) is 0 Å². The van der Waals surface area contributed by atoms with E-state index >= 15 is 0 Å². The molecule has 5 aromatic rings. The van der Waals surface area contributed by atoms with Crippen LogP contribution in [0.15, 0.2) is 95.7 Å². The number of pyridine rings is 1. The number of nitrogens with zero attached hydrogens (tertiary/aromatic N) is 4. The predicted octanol–water partition coefficient (Wildman–Crippen LogP) is 6.44. The molecule has 1 amide bonds. The first kappa shape index (κ1) is 22.7. The third-order valence-electron chi connectivity index (χ3n) is 5.69. The molecule has 6 nitrogen and oxygen atoms in total. The number of hydrogen-bond acceptors (Lipinski definition) is 5. The highest BCUT2D eigenvalue weighted by Crippen LogP contribution is 2.36. The second kappa shape index (κ2) is 9.64. The number of aromatic nitrogens is 3. The zero-order chi connectivity index (χ0) is 24.4. The third kappa shape index (κ3) is 4.76.